The van der Waals surface area contributed by atoms with Crippen LogP contribution in [0.1, 0.15) is 45.2 Å². The van der Waals surface area contributed by atoms with E-state index in [-0.39, 0.29) is 17.6 Å². The Morgan fingerprint density at radius 2 is 1.86 bits per heavy atom. The van der Waals surface area contributed by atoms with Crippen molar-refractivity contribution in [2.45, 2.75) is 51.2 Å². The molecule has 2 aliphatic rings. The molecule has 1 aromatic carbocycles. The molecule has 4 nitrogen and oxygen atoms in total. The summed E-state index contributed by atoms with van der Waals surface area (Å²) in [7, 11) is 0. The van der Waals surface area contributed by atoms with Crippen LogP contribution < -0.4 is 15.2 Å². The van der Waals surface area contributed by atoms with E-state index in [1.165, 1.54) is 5.56 Å². The monoisotopic (exact) mass is 290 g/mol. The first-order valence-electron chi connectivity index (χ1n) is 7.89. The Labute approximate surface area is 127 Å². The lowest BCUT2D eigenvalue weighted by Gasteiger charge is -2.38. The highest BCUT2D eigenvalue weighted by molar-refractivity contribution is 5.45. The van der Waals surface area contributed by atoms with Gasteiger partial charge in [0.1, 0.15) is 0 Å². The first-order chi connectivity index (χ1) is 9.97. The number of hydrogen-bond donors (Lipinski definition) is 1. The lowest BCUT2D eigenvalue weighted by molar-refractivity contribution is 0.117. The second-order valence-corrected chi connectivity index (χ2v) is 7.02. The van der Waals surface area contributed by atoms with E-state index < -0.39 is 0 Å². The molecular formula is C17H26N2O2. The van der Waals surface area contributed by atoms with Gasteiger partial charge in [-0.1, -0.05) is 6.07 Å². The highest BCUT2D eigenvalue weighted by Gasteiger charge is 2.39. The number of benzene rings is 1. The largest absolute Gasteiger partial charge is 0.490 e. The predicted molar refractivity (Wildman–Crippen MR) is 83.8 cm³/mol. The van der Waals surface area contributed by atoms with Crippen LogP contribution in [0, 0.1) is 0 Å². The highest BCUT2D eigenvalue weighted by Crippen LogP contribution is 2.40. The summed E-state index contributed by atoms with van der Waals surface area (Å²) in [5, 5.41) is 0. The van der Waals surface area contributed by atoms with Crippen molar-refractivity contribution in [1.29, 1.82) is 0 Å². The lowest BCUT2D eigenvalue weighted by Crippen LogP contribution is -2.43. The number of hydrogen-bond acceptors (Lipinski definition) is 4. The molecule has 21 heavy (non-hydrogen) atoms. The average Bonchev–Trinajstić information content (AvgIpc) is 2.68. The van der Waals surface area contributed by atoms with Gasteiger partial charge in [0.25, 0.3) is 0 Å². The van der Waals surface area contributed by atoms with Gasteiger partial charge in [-0.3, -0.25) is 4.90 Å². The summed E-state index contributed by atoms with van der Waals surface area (Å²) in [6.07, 6.45) is 1.97. The Balaban J connectivity index is 1.93. The van der Waals surface area contributed by atoms with Crippen molar-refractivity contribution in [3.05, 3.63) is 23.8 Å². The number of likely N-dealkylation sites (tertiary alicyclic amines) is 1. The molecule has 0 spiro atoms. The molecule has 0 amide bonds. The van der Waals surface area contributed by atoms with Crippen LogP contribution in [0.2, 0.25) is 0 Å². The van der Waals surface area contributed by atoms with Crippen LogP contribution in [0.4, 0.5) is 0 Å². The number of ether oxygens (including phenoxy) is 2. The van der Waals surface area contributed by atoms with Crippen LogP contribution in [0.3, 0.4) is 0 Å². The van der Waals surface area contributed by atoms with E-state index >= 15 is 0 Å². The molecule has 0 bridgehead atoms. The summed E-state index contributed by atoms with van der Waals surface area (Å²) in [6.45, 7) is 9.24. The maximum absolute atomic E-state index is 6.39. The van der Waals surface area contributed by atoms with E-state index in [0.717, 1.165) is 44.1 Å². The molecule has 0 saturated carbocycles. The second-order valence-electron chi connectivity index (χ2n) is 7.02. The molecule has 3 rings (SSSR count). The summed E-state index contributed by atoms with van der Waals surface area (Å²) in [5.74, 6) is 1.71. The number of rotatable bonds is 1. The van der Waals surface area contributed by atoms with Gasteiger partial charge in [-0.25, -0.2) is 0 Å². The minimum absolute atomic E-state index is 0.114. The third-order valence-electron chi connectivity index (χ3n) is 4.42. The van der Waals surface area contributed by atoms with Gasteiger partial charge in [0.2, 0.25) is 0 Å². The summed E-state index contributed by atoms with van der Waals surface area (Å²) < 4.78 is 11.5. The van der Waals surface area contributed by atoms with Crippen molar-refractivity contribution >= 4 is 0 Å². The fraction of sp³-hybridized carbons (Fsp3) is 0.647. The molecule has 2 N–H and O–H groups in total. The van der Waals surface area contributed by atoms with Crippen molar-refractivity contribution < 1.29 is 9.47 Å². The standard InChI is InChI=1S/C17H26N2O2/c1-17(2,3)19-8-7-13(18)16(19)12-5-6-14-15(11-12)21-10-4-9-20-14/h5-6,11,13,16H,4,7-10,18H2,1-3H3. The fourth-order valence-electron chi connectivity index (χ4n) is 3.36. The van der Waals surface area contributed by atoms with Crippen LogP contribution in [-0.4, -0.2) is 36.2 Å². The predicted octanol–water partition coefficient (Wildman–Crippen LogP) is 2.72. The molecule has 2 heterocycles. The zero-order chi connectivity index (χ0) is 15.0. The quantitative estimate of drug-likeness (QED) is 0.864. The zero-order valence-corrected chi connectivity index (χ0v) is 13.3. The minimum Gasteiger partial charge on any atom is -0.490 e. The SMILES string of the molecule is CC(C)(C)N1CCC(N)C1c1ccc2c(c1)OCCCO2. The van der Waals surface area contributed by atoms with Gasteiger partial charge in [-0.15, -0.1) is 0 Å². The van der Waals surface area contributed by atoms with Gasteiger partial charge in [0.15, 0.2) is 11.5 Å². The van der Waals surface area contributed by atoms with Crippen molar-refractivity contribution in [3.8, 4) is 11.5 Å². The normalized spacial score (nSPS) is 26.7. The number of fused-ring (bicyclic) bond motifs is 1. The molecule has 2 atom stereocenters. The first kappa shape index (κ1) is 14.7. The summed E-state index contributed by atoms with van der Waals surface area (Å²) >= 11 is 0. The van der Waals surface area contributed by atoms with E-state index in [9.17, 15) is 0 Å². The molecule has 116 valence electrons. The van der Waals surface area contributed by atoms with E-state index in [0.29, 0.717) is 0 Å². The Bertz CT molecular complexity index is 510. The van der Waals surface area contributed by atoms with Gasteiger partial charge in [-0.2, -0.15) is 0 Å². The van der Waals surface area contributed by atoms with Crippen molar-refractivity contribution in [2.24, 2.45) is 5.73 Å². The van der Waals surface area contributed by atoms with Crippen LogP contribution in [0.15, 0.2) is 18.2 Å². The van der Waals surface area contributed by atoms with Crippen LogP contribution in [0.5, 0.6) is 11.5 Å². The maximum atomic E-state index is 6.39. The topological polar surface area (TPSA) is 47.7 Å². The molecule has 0 aliphatic carbocycles. The Kier molecular flexibility index (Phi) is 3.84. The first-order valence-corrected chi connectivity index (χ1v) is 7.89. The van der Waals surface area contributed by atoms with E-state index in [1.807, 2.05) is 6.07 Å². The van der Waals surface area contributed by atoms with Crippen LogP contribution in [-0.2, 0) is 0 Å². The van der Waals surface area contributed by atoms with Crippen molar-refractivity contribution in [1.82, 2.24) is 4.90 Å². The molecule has 1 saturated heterocycles. The van der Waals surface area contributed by atoms with Crippen molar-refractivity contribution in [2.75, 3.05) is 19.8 Å². The smallest absolute Gasteiger partial charge is 0.161 e. The molecule has 4 heteroatoms. The van der Waals surface area contributed by atoms with Gasteiger partial charge in [-0.05, 0) is 44.9 Å². The van der Waals surface area contributed by atoms with Gasteiger partial charge < -0.3 is 15.2 Å². The molecule has 2 unspecified atom stereocenters. The maximum Gasteiger partial charge on any atom is 0.161 e. The van der Waals surface area contributed by atoms with E-state index in [4.69, 9.17) is 15.2 Å². The average molecular weight is 290 g/mol. The lowest BCUT2D eigenvalue weighted by atomic mass is 9.96. The molecule has 2 aliphatic heterocycles. The summed E-state index contributed by atoms with van der Waals surface area (Å²) in [6, 6.07) is 6.72. The molecular weight excluding hydrogens is 264 g/mol. The molecule has 0 radical (unpaired) electrons. The van der Waals surface area contributed by atoms with Gasteiger partial charge in [0, 0.05) is 24.5 Å². The summed E-state index contributed by atoms with van der Waals surface area (Å²) in [5.41, 5.74) is 7.74. The Hall–Kier alpha value is -1.26. The zero-order valence-electron chi connectivity index (χ0n) is 13.3. The molecule has 0 aromatic heterocycles. The van der Waals surface area contributed by atoms with Gasteiger partial charge >= 0.3 is 0 Å². The minimum atomic E-state index is 0.114. The van der Waals surface area contributed by atoms with Crippen LogP contribution in [0.25, 0.3) is 0 Å². The molecule has 1 aromatic rings. The number of nitrogens with two attached hydrogens (primary N) is 1. The van der Waals surface area contributed by atoms with Crippen LogP contribution >= 0.6 is 0 Å². The van der Waals surface area contributed by atoms with E-state index in [2.05, 4.69) is 37.8 Å². The van der Waals surface area contributed by atoms with E-state index in [1.54, 1.807) is 0 Å². The highest BCUT2D eigenvalue weighted by atomic mass is 16.5. The fourth-order valence-corrected chi connectivity index (χ4v) is 3.36. The van der Waals surface area contributed by atoms with Gasteiger partial charge in [0.05, 0.1) is 19.3 Å². The molecule has 1 fully saturated rings. The Morgan fingerprint density at radius 3 is 2.57 bits per heavy atom. The Morgan fingerprint density at radius 1 is 1.14 bits per heavy atom. The third kappa shape index (κ3) is 2.87. The summed E-state index contributed by atoms with van der Waals surface area (Å²) in [4.78, 5) is 2.50. The number of nitrogens with zero attached hydrogens (tertiary/aromatic N) is 1. The third-order valence-corrected chi connectivity index (χ3v) is 4.42. The second kappa shape index (κ2) is 5.50. The van der Waals surface area contributed by atoms with Crippen molar-refractivity contribution in [3.63, 3.8) is 0 Å².